The molecular weight excluding hydrogens is 350 g/mol. The number of aryl methyl sites for hydroxylation is 1. The molecule has 164 valence electrons. The Balaban J connectivity index is 1.36. The van der Waals surface area contributed by atoms with E-state index < -0.39 is 0 Å². The van der Waals surface area contributed by atoms with Gasteiger partial charge in [-0.3, -0.25) is 4.98 Å². The van der Waals surface area contributed by atoms with Crippen LogP contribution in [0.1, 0.15) is 134 Å². The van der Waals surface area contributed by atoms with E-state index in [1.165, 1.54) is 120 Å². The minimum atomic E-state index is 0.728. The van der Waals surface area contributed by atoms with Crippen molar-refractivity contribution >= 4 is 0 Å². The molecule has 0 radical (unpaired) electrons. The molecule has 2 aliphatic carbocycles. The van der Waals surface area contributed by atoms with E-state index in [4.69, 9.17) is 4.98 Å². The average molecular weight is 398 g/mol. The highest BCUT2D eigenvalue weighted by atomic mass is 14.7. The molecule has 29 heavy (non-hydrogen) atoms. The van der Waals surface area contributed by atoms with Gasteiger partial charge in [0.15, 0.2) is 0 Å². The first-order valence-electron chi connectivity index (χ1n) is 13.2. The maximum Gasteiger partial charge on any atom is 0.0434 e. The molecule has 2 aliphatic rings. The Morgan fingerprint density at radius 1 is 0.724 bits per heavy atom. The van der Waals surface area contributed by atoms with E-state index in [1.54, 1.807) is 0 Å². The van der Waals surface area contributed by atoms with Crippen LogP contribution in [0.5, 0.6) is 0 Å². The molecule has 0 saturated heterocycles. The minimum Gasteiger partial charge on any atom is -0.261 e. The molecule has 2 fully saturated rings. The summed E-state index contributed by atoms with van der Waals surface area (Å²) in [6.07, 6.45) is 26.3. The van der Waals surface area contributed by atoms with Crippen molar-refractivity contribution in [3.8, 4) is 0 Å². The summed E-state index contributed by atoms with van der Waals surface area (Å²) in [6.45, 7) is 4.61. The fraction of sp³-hybridized carbons (Fsp3) is 0.821. The Morgan fingerprint density at radius 2 is 1.38 bits per heavy atom. The summed E-state index contributed by atoms with van der Waals surface area (Å²) in [5, 5.41) is 0. The summed E-state index contributed by atoms with van der Waals surface area (Å²) < 4.78 is 0. The molecule has 0 aromatic carbocycles. The van der Waals surface area contributed by atoms with Gasteiger partial charge in [-0.1, -0.05) is 77.7 Å². The number of hydrogen-bond donors (Lipinski definition) is 0. The molecule has 1 aromatic rings. The van der Waals surface area contributed by atoms with Gasteiger partial charge < -0.3 is 0 Å². The maximum atomic E-state index is 4.88. The molecule has 2 saturated carbocycles. The van der Waals surface area contributed by atoms with Crippen molar-refractivity contribution in [1.82, 2.24) is 4.98 Å². The molecule has 1 heterocycles. The third-order valence-electron chi connectivity index (χ3n) is 8.13. The zero-order valence-electron chi connectivity index (χ0n) is 19.5. The lowest BCUT2D eigenvalue weighted by Gasteiger charge is -2.38. The molecule has 0 amide bonds. The van der Waals surface area contributed by atoms with E-state index in [2.05, 4.69) is 32.2 Å². The van der Waals surface area contributed by atoms with Crippen LogP contribution in [0.15, 0.2) is 18.3 Å². The monoisotopic (exact) mass is 397 g/mol. The van der Waals surface area contributed by atoms with E-state index in [9.17, 15) is 0 Å². The Hall–Kier alpha value is -0.850. The van der Waals surface area contributed by atoms with Crippen molar-refractivity contribution in [2.24, 2.45) is 17.8 Å². The highest BCUT2D eigenvalue weighted by Gasteiger charge is 2.31. The van der Waals surface area contributed by atoms with Gasteiger partial charge >= 0.3 is 0 Å². The quantitative estimate of drug-likeness (QED) is 0.340. The first-order valence-corrected chi connectivity index (χ1v) is 13.2. The van der Waals surface area contributed by atoms with Gasteiger partial charge in [0.2, 0.25) is 0 Å². The van der Waals surface area contributed by atoms with Gasteiger partial charge in [0.05, 0.1) is 0 Å². The predicted molar refractivity (Wildman–Crippen MR) is 126 cm³/mol. The molecule has 0 atom stereocenters. The van der Waals surface area contributed by atoms with Crippen molar-refractivity contribution < 1.29 is 0 Å². The first kappa shape index (κ1) is 22.8. The topological polar surface area (TPSA) is 12.9 Å². The summed E-state index contributed by atoms with van der Waals surface area (Å²) in [6, 6.07) is 4.71. The van der Waals surface area contributed by atoms with Gasteiger partial charge in [-0.25, -0.2) is 0 Å². The zero-order valence-corrected chi connectivity index (χ0v) is 19.5. The van der Waals surface area contributed by atoms with Crippen LogP contribution < -0.4 is 0 Å². The van der Waals surface area contributed by atoms with Gasteiger partial charge in [0, 0.05) is 17.8 Å². The number of pyridine rings is 1. The fourth-order valence-corrected chi connectivity index (χ4v) is 6.10. The number of nitrogens with zero attached hydrogens (tertiary/aromatic N) is 1. The van der Waals surface area contributed by atoms with E-state index in [0.717, 1.165) is 23.7 Å². The van der Waals surface area contributed by atoms with Crippen LogP contribution in [0.4, 0.5) is 0 Å². The van der Waals surface area contributed by atoms with E-state index in [1.807, 2.05) is 0 Å². The van der Waals surface area contributed by atoms with Gasteiger partial charge in [0.1, 0.15) is 0 Å². The minimum absolute atomic E-state index is 0.728. The van der Waals surface area contributed by atoms with Crippen LogP contribution in [-0.2, 0) is 6.42 Å². The van der Waals surface area contributed by atoms with Crippen molar-refractivity contribution in [2.45, 2.75) is 129 Å². The largest absolute Gasteiger partial charge is 0.261 e. The van der Waals surface area contributed by atoms with E-state index >= 15 is 0 Å². The molecule has 0 aliphatic heterocycles. The normalized spacial score (nSPS) is 27.8. The van der Waals surface area contributed by atoms with Crippen molar-refractivity contribution in [1.29, 1.82) is 0 Å². The van der Waals surface area contributed by atoms with E-state index in [0.29, 0.717) is 0 Å². The summed E-state index contributed by atoms with van der Waals surface area (Å²) in [4.78, 5) is 4.88. The average Bonchev–Trinajstić information content (AvgIpc) is 2.78. The Labute approximate surface area is 181 Å². The molecule has 3 rings (SSSR count). The molecular formula is C28H47N. The van der Waals surface area contributed by atoms with Gasteiger partial charge in [-0.15, -0.1) is 0 Å². The van der Waals surface area contributed by atoms with Crippen LogP contribution >= 0.6 is 0 Å². The number of hydrogen-bond acceptors (Lipinski definition) is 1. The van der Waals surface area contributed by atoms with Gasteiger partial charge in [-0.05, 0) is 80.8 Å². The summed E-state index contributed by atoms with van der Waals surface area (Å²) in [5.41, 5.74) is 2.81. The Bertz CT molecular complexity index is 532. The smallest absolute Gasteiger partial charge is 0.0434 e. The molecule has 0 spiro atoms. The zero-order chi connectivity index (χ0) is 20.3. The summed E-state index contributed by atoms with van der Waals surface area (Å²) in [5.74, 6) is 3.84. The van der Waals surface area contributed by atoms with E-state index in [-0.39, 0.29) is 0 Å². The molecule has 0 bridgehead atoms. The van der Waals surface area contributed by atoms with Crippen LogP contribution in [0.25, 0.3) is 0 Å². The number of aromatic nitrogens is 1. The molecule has 1 heteroatoms. The second kappa shape index (κ2) is 12.8. The number of rotatable bonds is 11. The number of unbranched alkanes of at least 4 members (excludes halogenated alkanes) is 5. The molecule has 0 N–H and O–H groups in total. The van der Waals surface area contributed by atoms with Crippen molar-refractivity contribution in [3.63, 3.8) is 0 Å². The van der Waals surface area contributed by atoms with Crippen LogP contribution in [0.3, 0.4) is 0 Å². The molecule has 1 aromatic heterocycles. The predicted octanol–water partition coefficient (Wildman–Crippen LogP) is 8.86. The second-order valence-corrected chi connectivity index (χ2v) is 10.3. The van der Waals surface area contributed by atoms with Gasteiger partial charge in [-0.2, -0.15) is 0 Å². The third kappa shape index (κ3) is 7.41. The van der Waals surface area contributed by atoms with Gasteiger partial charge in [0.25, 0.3) is 0 Å². The SMILES string of the molecule is CCCCCCc1ccc(C2CCC([C@H]3CC[C@H](CCCCC)CC3)CC2)nc1. The standard InChI is InChI=1S/C28H47N/c1-3-5-7-9-11-24-14-21-28(29-22-24)27-19-17-26(18-20-27)25-15-12-23(13-16-25)10-8-6-4-2/h14,21-23,25-27H,3-13,15-20H2,1-2H3/t23-,25-,26?,27?. The third-order valence-corrected chi connectivity index (χ3v) is 8.13. The summed E-state index contributed by atoms with van der Waals surface area (Å²) >= 11 is 0. The highest BCUT2D eigenvalue weighted by molar-refractivity contribution is 5.17. The van der Waals surface area contributed by atoms with Crippen LogP contribution in [0, 0.1) is 17.8 Å². The Kier molecular flexibility index (Phi) is 10.0. The summed E-state index contributed by atoms with van der Waals surface area (Å²) in [7, 11) is 0. The first-order chi connectivity index (χ1) is 14.3. The lowest BCUT2D eigenvalue weighted by atomic mass is 9.68. The van der Waals surface area contributed by atoms with Crippen LogP contribution in [-0.4, -0.2) is 4.98 Å². The van der Waals surface area contributed by atoms with Crippen LogP contribution in [0.2, 0.25) is 0 Å². The lowest BCUT2D eigenvalue weighted by molar-refractivity contribution is 0.155. The fourth-order valence-electron chi connectivity index (χ4n) is 6.10. The molecule has 1 nitrogen and oxygen atoms in total. The van der Waals surface area contributed by atoms with Crippen molar-refractivity contribution in [3.05, 3.63) is 29.6 Å². The second-order valence-electron chi connectivity index (χ2n) is 10.3. The lowest BCUT2D eigenvalue weighted by Crippen LogP contribution is -2.25. The maximum absolute atomic E-state index is 4.88. The van der Waals surface area contributed by atoms with Crippen molar-refractivity contribution in [2.75, 3.05) is 0 Å². The Morgan fingerprint density at radius 3 is 2.00 bits per heavy atom. The highest BCUT2D eigenvalue weighted by Crippen LogP contribution is 2.44. The molecule has 0 unspecified atom stereocenters.